The van der Waals surface area contributed by atoms with Gasteiger partial charge in [-0.1, -0.05) is 23.7 Å². The summed E-state index contributed by atoms with van der Waals surface area (Å²) in [5, 5.41) is 12.8. The van der Waals surface area contributed by atoms with Crippen LogP contribution in [0.4, 0.5) is 8.78 Å². The van der Waals surface area contributed by atoms with Crippen molar-refractivity contribution in [1.82, 2.24) is 24.4 Å². The van der Waals surface area contributed by atoms with Crippen LogP contribution in [-0.2, 0) is 0 Å². The van der Waals surface area contributed by atoms with Crippen molar-refractivity contribution in [3.8, 4) is 16.8 Å². The van der Waals surface area contributed by atoms with E-state index in [1.54, 1.807) is 35.8 Å². The first-order valence-electron chi connectivity index (χ1n) is 8.93. The molecule has 2 aromatic carbocycles. The predicted octanol–water partition coefficient (Wildman–Crippen LogP) is 4.34. The molecule has 148 valence electrons. The third-order valence-electron chi connectivity index (χ3n) is 4.87. The molecular formula is C21H12ClF2N5O. The normalized spacial score (nSPS) is 11.5. The van der Waals surface area contributed by atoms with Gasteiger partial charge in [-0.25, -0.2) is 13.3 Å². The molecule has 30 heavy (non-hydrogen) atoms. The van der Waals surface area contributed by atoms with E-state index in [2.05, 4.69) is 15.3 Å². The van der Waals surface area contributed by atoms with E-state index in [1.165, 1.54) is 34.9 Å². The summed E-state index contributed by atoms with van der Waals surface area (Å²) in [6, 6.07) is 11.7. The predicted molar refractivity (Wildman–Crippen MR) is 109 cm³/mol. The summed E-state index contributed by atoms with van der Waals surface area (Å²) in [6.07, 6.45) is 1.55. The minimum atomic E-state index is -0.573. The second-order valence-corrected chi connectivity index (χ2v) is 7.13. The monoisotopic (exact) mass is 423 g/mol. The van der Waals surface area contributed by atoms with E-state index in [1.807, 2.05) is 0 Å². The number of fused-ring (bicyclic) bond motifs is 3. The minimum absolute atomic E-state index is 0.0901. The molecule has 0 aliphatic carbocycles. The lowest BCUT2D eigenvalue weighted by Gasteiger charge is -2.08. The van der Waals surface area contributed by atoms with Crippen molar-refractivity contribution >= 4 is 28.3 Å². The summed E-state index contributed by atoms with van der Waals surface area (Å²) in [5.74, 6) is -0.915. The number of halogens is 3. The minimum Gasteiger partial charge on any atom is -0.282 e. The number of benzene rings is 2. The van der Waals surface area contributed by atoms with E-state index in [9.17, 15) is 13.6 Å². The molecular weight excluding hydrogens is 412 g/mol. The maximum absolute atomic E-state index is 13.5. The van der Waals surface area contributed by atoms with Crippen LogP contribution in [-0.4, -0.2) is 24.4 Å². The lowest BCUT2D eigenvalue weighted by Crippen LogP contribution is -2.20. The molecule has 0 aliphatic heterocycles. The fourth-order valence-electron chi connectivity index (χ4n) is 3.45. The van der Waals surface area contributed by atoms with Crippen LogP contribution in [0.3, 0.4) is 0 Å². The SMILES string of the molecule is Cc1nn2c(nnc3c(=O)n(-c4ccc(F)c(Cl)c4)ccc32)c1-c1ccc(F)cc1. The molecule has 0 atom stereocenters. The highest BCUT2D eigenvalue weighted by molar-refractivity contribution is 6.30. The fourth-order valence-corrected chi connectivity index (χ4v) is 3.62. The Morgan fingerprint density at radius 2 is 1.77 bits per heavy atom. The second-order valence-electron chi connectivity index (χ2n) is 6.73. The first-order chi connectivity index (χ1) is 14.4. The fraction of sp³-hybridized carbons (Fsp3) is 0.0476. The van der Waals surface area contributed by atoms with Gasteiger partial charge in [0.25, 0.3) is 5.56 Å². The highest BCUT2D eigenvalue weighted by Gasteiger charge is 2.18. The smallest absolute Gasteiger partial charge is 0.282 e. The Morgan fingerprint density at radius 1 is 1.00 bits per heavy atom. The highest BCUT2D eigenvalue weighted by atomic mass is 35.5. The summed E-state index contributed by atoms with van der Waals surface area (Å²) in [7, 11) is 0. The molecule has 0 radical (unpaired) electrons. The van der Waals surface area contributed by atoms with Crippen molar-refractivity contribution < 1.29 is 8.78 Å². The summed E-state index contributed by atoms with van der Waals surface area (Å²) >= 11 is 5.84. The molecule has 5 aromatic rings. The Balaban J connectivity index is 1.74. The quantitative estimate of drug-likeness (QED) is 0.424. The van der Waals surface area contributed by atoms with Gasteiger partial charge in [0.05, 0.1) is 22.0 Å². The van der Waals surface area contributed by atoms with Gasteiger partial charge in [0, 0.05) is 6.20 Å². The number of rotatable bonds is 2. The van der Waals surface area contributed by atoms with Gasteiger partial charge in [0.2, 0.25) is 0 Å². The van der Waals surface area contributed by atoms with Gasteiger partial charge < -0.3 is 0 Å². The van der Waals surface area contributed by atoms with Crippen LogP contribution in [0, 0.1) is 18.6 Å². The average molecular weight is 424 g/mol. The molecule has 3 aromatic heterocycles. The van der Waals surface area contributed by atoms with Gasteiger partial charge in [-0.2, -0.15) is 5.10 Å². The van der Waals surface area contributed by atoms with Crippen LogP contribution in [0.15, 0.2) is 59.5 Å². The van der Waals surface area contributed by atoms with Crippen LogP contribution < -0.4 is 5.56 Å². The van der Waals surface area contributed by atoms with E-state index >= 15 is 0 Å². The number of aromatic nitrogens is 5. The number of aryl methyl sites for hydroxylation is 1. The molecule has 0 saturated heterocycles. The van der Waals surface area contributed by atoms with E-state index in [0.717, 1.165) is 5.56 Å². The van der Waals surface area contributed by atoms with Gasteiger partial charge >= 0.3 is 0 Å². The van der Waals surface area contributed by atoms with Crippen LogP contribution in [0.1, 0.15) is 5.69 Å². The number of pyridine rings is 1. The van der Waals surface area contributed by atoms with Crippen molar-refractivity contribution in [2.75, 3.05) is 0 Å². The third kappa shape index (κ3) is 2.76. The zero-order valence-electron chi connectivity index (χ0n) is 15.5. The molecule has 3 heterocycles. The van der Waals surface area contributed by atoms with Crippen LogP contribution in [0.25, 0.3) is 33.5 Å². The summed E-state index contributed by atoms with van der Waals surface area (Å²) in [5.41, 5.74) is 3.08. The van der Waals surface area contributed by atoms with Gasteiger partial charge in [0.1, 0.15) is 17.2 Å². The first kappa shape index (κ1) is 18.4. The van der Waals surface area contributed by atoms with Gasteiger partial charge in [-0.05, 0) is 48.9 Å². The van der Waals surface area contributed by atoms with E-state index in [4.69, 9.17) is 11.6 Å². The van der Waals surface area contributed by atoms with E-state index < -0.39 is 11.4 Å². The zero-order valence-corrected chi connectivity index (χ0v) is 16.2. The molecule has 0 fully saturated rings. The maximum Gasteiger partial charge on any atom is 0.285 e. The number of nitrogens with zero attached hydrogens (tertiary/aromatic N) is 5. The number of hydrogen-bond donors (Lipinski definition) is 0. The molecule has 6 nitrogen and oxygen atoms in total. The molecule has 0 saturated carbocycles. The molecule has 5 rings (SSSR count). The Labute approximate surface area is 173 Å². The van der Waals surface area contributed by atoms with E-state index in [-0.39, 0.29) is 16.4 Å². The van der Waals surface area contributed by atoms with Crippen molar-refractivity contribution in [3.63, 3.8) is 0 Å². The standard InChI is InChI=1S/C21H12ClF2N5O/c1-11-18(12-2-4-13(23)5-3-12)20-26-25-19-17(29(20)27-11)8-9-28(21(19)30)14-6-7-16(24)15(22)10-14/h2-10H,1H3. The van der Waals surface area contributed by atoms with Crippen molar-refractivity contribution in [1.29, 1.82) is 0 Å². The van der Waals surface area contributed by atoms with Crippen LogP contribution in [0.5, 0.6) is 0 Å². The molecule has 0 spiro atoms. The van der Waals surface area contributed by atoms with Crippen molar-refractivity contribution in [2.24, 2.45) is 0 Å². The average Bonchev–Trinajstić information content (AvgIpc) is 3.07. The van der Waals surface area contributed by atoms with Crippen molar-refractivity contribution in [2.45, 2.75) is 6.92 Å². The van der Waals surface area contributed by atoms with Gasteiger partial charge in [0.15, 0.2) is 11.2 Å². The number of hydrogen-bond acceptors (Lipinski definition) is 4. The topological polar surface area (TPSA) is 65.1 Å². The lowest BCUT2D eigenvalue weighted by molar-refractivity contribution is 0.627. The van der Waals surface area contributed by atoms with Crippen LogP contribution >= 0.6 is 11.6 Å². The zero-order chi connectivity index (χ0) is 21.0. The Hall–Kier alpha value is -3.65. The summed E-state index contributed by atoms with van der Waals surface area (Å²) in [6.45, 7) is 1.81. The lowest BCUT2D eigenvalue weighted by atomic mass is 10.1. The summed E-state index contributed by atoms with van der Waals surface area (Å²) < 4.78 is 29.6. The van der Waals surface area contributed by atoms with E-state index in [0.29, 0.717) is 28.1 Å². The first-order valence-corrected chi connectivity index (χ1v) is 9.30. The second kappa shape index (κ2) is 6.70. The largest absolute Gasteiger partial charge is 0.285 e. The molecule has 0 unspecified atom stereocenters. The third-order valence-corrected chi connectivity index (χ3v) is 5.16. The molecule has 0 aliphatic rings. The Kier molecular flexibility index (Phi) is 4.11. The van der Waals surface area contributed by atoms with Gasteiger partial charge in [-0.15, -0.1) is 10.2 Å². The van der Waals surface area contributed by atoms with Crippen molar-refractivity contribution in [3.05, 3.63) is 87.4 Å². The summed E-state index contributed by atoms with van der Waals surface area (Å²) in [4.78, 5) is 13.0. The Bertz CT molecular complexity index is 1510. The molecule has 9 heteroatoms. The Morgan fingerprint density at radius 3 is 2.50 bits per heavy atom. The maximum atomic E-state index is 13.5. The molecule has 0 bridgehead atoms. The van der Waals surface area contributed by atoms with Crippen LogP contribution in [0.2, 0.25) is 5.02 Å². The van der Waals surface area contributed by atoms with Gasteiger partial charge in [-0.3, -0.25) is 9.36 Å². The molecule has 0 N–H and O–H groups in total. The molecule has 0 amide bonds. The highest BCUT2D eigenvalue weighted by Crippen LogP contribution is 2.28.